The summed E-state index contributed by atoms with van der Waals surface area (Å²) in [5.74, 6) is 0.369. The number of carbonyl (C=O) groups is 1. The molecule has 2 heterocycles. The molecule has 30 heavy (non-hydrogen) atoms. The number of pyridine rings is 1. The van der Waals surface area contributed by atoms with E-state index in [0.717, 1.165) is 43.7 Å². The molecule has 1 amide bonds. The highest BCUT2D eigenvalue weighted by atomic mass is 19.1. The van der Waals surface area contributed by atoms with Gasteiger partial charge in [0, 0.05) is 30.7 Å². The summed E-state index contributed by atoms with van der Waals surface area (Å²) in [7, 11) is 1.63. The molecule has 1 atom stereocenters. The molecule has 1 aliphatic heterocycles. The summed E-state index contributed by atoms with van der Waals surface area (Å²) in [6.45, 7) is 3.50. The molecule has 1 N–H and O–H groups in total. The predicted octanol–water partition coefficient (Wildman–Crippen LogP) is 5.18. The average molecular weight is 407 g/mol. The Kier molecular flexibility index (Phi) is 5.84. The normalized spacial score (nSPS) is 15.1. The quantitative estimate of drug-likeness (QED) is 0.633. The molecule has 156 valence electrons. The van der Waals surface area contributed by atoms with Gasteiger partial charge in [-0.3, -0.25) is 9.78 Å². The second-order valence-electron chi connectivity index (χ2n) is 7.70. The first-order valence-corrected chi connectivity index (χ1v) is 10.3. The van der Waals surface area contributed by atoms with Crippen LogP contribution in [0.4, 0.5) is 10.1 Å². The third-order valence-corrected chi connectivity index (χ3v) is 5.68. The number of halogens is 1. The third kappa shape index (κ3) is 4.08. The first-order chi connectivity index (χ1) is 14.6. The minimum atomic E-state index is -0.355. The van der Waals surface area contributed by atoms with Gasteiger partial charge in [0.2, 0.25) is 0 Å². The maximum atomic E-state index is 14.1. The van der Waals surface area contributed by atoms with Crippen molar-refractivity contribution < 1.29 is 13.9 Å². The van der Waals surface area contributed by atoms with Crippen molar-refractivity contribution in [3.05, 3.63) is 65.6 Å². The summed E-state index contributed by atoms with van der Waals surface area (Å²) in [5.41, 5.74) is 2.79. The fourth-order valence-electron chi connectivity index (χ4n) is 3.94. The van der Waals surface area contributed by atoms with Crippen molar-refractivity contribution in [1.82, 2.24) is 9.88 Å². The molecule has 0 unspecified atom stereocenters. The van der Waals surface area contributed by atoms with Crippen LogP contribution in [0, 0.1) is 5.82 Å². The highest BCUT2D eigenvalue weighted by Gasteiger charge is 2.24. The van der Waals surface area contributed by atoms with Crippen LogP contribution in [-0.2, 0) is 0 Å². The van der Waals surface area contributed by atoms with E-state index in [1.165, 1.54) is 12.1 Å². The third-order valence-electron chi connectivity index (χ3n) is 5.68. The van der Waals surface area contributed by atoms with Crippen LogP contribution in [0.3, 0.4) is 0 Å². The lowest BCUT2D eigenvalue weighted by Crippen LogP contribution is -2.36. The lowest BCUT2D eigenvalue weighted by Gasteiger charge is -2.28. The topological polar surface area (TPSA) is 54.5 Å². The van der Waals surface area contributed by atoms with Gasteiger partial charge in [-0.2, -0.15) is 0 Å². The van der Waals surface area contributed by atoms with Crippen LogP contribution in [0.5, 0.6) is 5.75 Å². The number of methoxy groups -OCH3 is 1. The summed E-state index contributed by atoms with van der Waals surface area (Å²) in [6.07, 6.45) is 4.77. The number of amides is 1. The molecule has 2 aromatic carbocycles. The maximum absolute atomic E-state index is 14.1. The van der Waals surface area contributed by atoms with E-state index in [4.69, 9.17) is 4.74 Å². The van der Waals surface area contributed by atoms with E-state index in [0.29, 0.717) is 22.2 Å². The number of ether oxygens (including phenoxy) is 1. The molecule has 4 rings (SSSR count). The Bertz CT molecular complexity index is 1050. The summed E-state index contributed by atoms with van der Waals surface area (Å²) < 4.78 is 19.3. The monoisotopic (exact) mass is 407 g/mol. The van der Waals surface area contributed by atoms with Gasteiger partial charge >= 0.3 is 0 Å². The molecular weight excluding hydrogens is 381 g/mol. The number of anilines is 1. The van der Waals surface area contributed by atoms with Crippen LogP contribution in [0.15, 0.2) is 48.7 Å². The molecule has 0 spiro atoms. The lowest BCUT2D eigenvalue weighted by molar-refractivity contribution is 0.0725. The van der Waals surface area contributed by atoms with Crippen molar-refractivity contribution in [2.45, 2.75) is 32.2 Å². The maximum Gasteiger partial charge on any atom is 0.257 e. The van der Waals surface area contributed by atoms with Crippen LogP contribution in [0.25, 0.3) is 10.9 Å². The van der Waals surface area contributed by atoms with E-state index in [1.807, 2.05) is 36.1 Å². The van der Waals surface area contributed by atoms with E-state index >= 15 is 0 Å². The molecule has 0 radical (unpaired) electrons. The number of likely N-dealkylation sites (tertiary alicyclic amines) is 1. The Morgan fingerprint density at radius 3 is 2.57 bits per heavy atom. The Balaban J connectivity index is 1.74. The van der Waals surface area contributed by atoms with E-state index in [-0.39, 0.29) is 17.8 Å². The zero-order valence-corrected chi connectivity index (χ0v) is 17.3. The van der Waals surface area contributed by atoms with Gasteiger partial charge < -0.3 is 15.0 Å². The Morgan fingerprint density at radius 2 is 1.87 bits per heavy atom. The van der Waals surface area contributed by atoms with Crippen LogP contribution >= 0.6 is 0 Å². The molecule has 6 heteroatoms. The minimum absolute atomic E-state index is 0.0576. The van der Waals surface area contributed by atoms with E-state index < -0.39 is 0 Å². The molecule has 1 fully saturated rings. The lowest BCUT2D eigenvalue weighted by atomic mass is 10.0. The van der Waals surface area contributed by atoms with Gasteiger partial charge in [0.05, 0.1) is 23.9 Å². The number of fused-ring (bicyclic) bond motifs is 1. The highest BCUT2D eigenvalue weighted by Crippen LogP contribution is 2.32. The molecule has 0 saturated carbocycles. The second-order valence-corrected chi connectivity index (χ2v) is 7.70. The molecule has 0 bridgehead atoms. The van der Waals surface area contributed by atoms with Gasteiger partial charge in [-0.25, -0.2) is 4.39 Å². The summed E-state index contributed by atoms with van der Waals surface area (Å²) >= 11 is 0. The number of nitrogens with one attached hydrogen (secondary N) is 1. The van der Waals surface area contributed by atoms with Gasteiger partial charge in [0.25, 0.3) is 5.91 Å². The number of hydrogen-bond acceptors (Lipinski definition) is 4. The fourth-order valence-corrected chi connectivity index (χ4v) is 3.94. The van der Waals surface area contributed by atoms with Crippen LogP contribution < -0.4 is 10.1 Å². The van der Waals surface area contributed by atoms with Crippen molar-refractivity contribution in [3.63, 3.8) is 0 Å². The first-order valence-electron chi connectivity index (χ1n) is 10.3. The van der Waals surface area contributed by atoms with Gasteiger partial charge in [-0.1, -0.05) is 12.1 Å². The van der Waals surface area contributed by atoms with Gasteiger partial charge in [-0.05, 0) is 62.1 Å². The minimum Gasteiger partial charge on any atom is -0.497 e. The number of piperidine rings is 1. The smallest absolute Gasteiger partial charge is 0.257 e. The van der Waals surface area contributed by atoms with E-state index in [2.05, 4.69) is 10.3 Å². The molecular formula is C24H26FN3O2. The number of rotatable bonds is 5. The molecule has 1 aromatic heterocycles. The summed E-state index contributed by atoms with van der Waals surface area (Å²) in [6, 6.07) is 12.1. The van der Waals surface area contributed by atoms with E-state index in [1.54, 1.807) is 19.4 Å². The fraction of sp³-hybridized carbons (Fsp3) is 0.333. The van der Waals surface area contributed by atoms with Crippen LogP contribution in [0.2, 0.25) is 0 Å². The molecule has 5 nitrogen and oxygen atoms in total. The van der Waals surface area contributed by atoms with Gasteiger partial charge in [-0.15, -0.1) is 0 Å². The average Bonchev–Trinajstić information content (AvgIpc) is 2.79. The van der Waals surface area contributed by atoms with Gasteiger partial charge in [0.15, 0.2) is 0 Å². The van der Waals surface area contributed by atoms with Crippen molar-refractivity contribution in [2.75, 3.05) is 25.5 Å². The number of benzene rings is 2. The molecule has 3 aromatic rings. The second kappa shape index (κ2) is 8.69. The SMILES string of the molecule is COc1ccc([C@@H](C)Nc2c(C(=O)N3CCCCC3)cnc3ccc(F)cc23)cc1. The van der Waals surface area contributed by atoms with Crippen molar-refractivity contribution in [1.29, 1.82) is 0 Å². The number of aromatic nitrogens is 1. The van der Waals surface area contributed by atoms with E-state index in [9.17, 15) is 9.18 Å². The predicted molar refractivity (Wildman–Crippen MR) is 116 cm³/mol. The Morgan fingerprint density at radius 1 is 1.13 bits per heavy atom. The van der Waals surface area contributed by atoms with Crippen molar-refractivity contribution in [2.24, 2.45) is 0 Å². The Labute approximate surface area is 175 Å². The molecule has 1 saturated heterocycles. The van der Waals surface area contributed by atoms with Crippen LogP contribution in [0.1, 0.15) is 48.1 Å². The Hall–Kier alpha value is -3.15. The summed E-state index contributed by atoms with van der Waals surface area (Å²) in [5, 5.41) is 4.07. The molecule has 0 aliphatic carbocycles. The first kappa shape index (κ1) is 20.1. The molecule has 1 aliphatic rings. The highest BCUT2D eigenvalue weighted by molar-refractivity contribution is 6.07. The van der Waals surface area contributed by atoms with Gasteiger partial charge in [0.1, 0.15) is 11.6 Å². The van der Waals surface area contributed by atoms with Crippen molar-refractivity contribution >= 4 is 22.5 Å². The zero-order valence-electron chi connectivity index (χ0n) is 17.3. The zero-order chi connectivity index (χ0) is 21.1. The number of hydrogen-bond donors (Lipinski definition) is 1. The standard InChI is InChI=1S/C24H26FN3O2/c1-16(17-6-9-19(30-2)10-7-17)27-23-20-14-18(25)8-11-22(20)26-15-21(23)24(29)28-12-4-3-5-13-28/h6-11,14-16H,3-5,12-13H2,1-2H3,(H,26,27)/t16-/m1/s1. The van der Waals surface area contributed by atoms with Crippen LogP contribution in [-0.4, -0.2) is 36.0 Å². The van der Waals surface area contributed by atoms with Crippen molar-refractivity contribution in [3.8, 4) is 5.75 Å². The summed E-state index contributed by atoms with van der Waals surface area (Å²) in [4.78, 5) is 19.6. The largest absolute Gasteiger partial charge is 0.497 e. The number of nitrogens with zero attached hydrogens (tertiary/aromatic N) is 2. The number of carbonyl (C=O) groups excluding carboxylic acids is 1.